The number of rotatable bonds is 2. The van der Waals surface area contributed by atoms with Gasteiger partial charge >= 0.3 is 0 Å². The van der Waals surface area contributed by atoms with Crippen molar-refractivity contribution in [2.75, 3.05) is 6.54 Å². The van der Waals surface area contributed by atoms with Gasteiger partial charge in [0, 0.05) is 6.54 Å². The summed E-state index contributed by atoms with van der Waals surface area (Å²) in [4.78, 5) is 0. The Labute approximate surface area is 54.9 Å². The summed E-state index contributed by atoms with van der Waals surface area (Å²) in [5.41, 5.74) is 2.07. The second-order valence-corrected chi connectivity index (χ2v) is 2.95. The summed E-state index contributed by atoms with van der Waals surface area (Å²) in [7, 11) is 0. The maximum atomic E-state index is 12.8. The van der Waals surface area contributed by atoms with Crippen LogP contribution in [-0.4, -0.2) is 22.9 Å². The van der Waals surface area contributed by atoms with E-state index >= 15 is 0 Å². The number of hydrogen-bond acceptors (Lipinski definition) is 2. The van der Waals surface area contributed by atoms with E-state index in [0.29, 0.717) is 0 Å². The Kier molecular flexibility index (Phi) is 2.19. The minimum atomic E-state index is -1.62. The molecule has 2 nitrogen and oxygen atoms in total. The summed E-state index contributed by atoms with van der Waals surface area (Å²) in [6.07, 6.45) is 0. The topological polar surface area (TPSA) is 46.2 Å². The van der Waals surface area contributed by atoms with Gasteiger partial charge in [-0.3, -0.25) is 0 Å². The Morgan fingerprint density at radius 1 is 1.44 bits per heavy atom. The monoisotopic (exact) mass is 135 g/mol. The third-order valence-electron chi connectivity index (χ3n) is 1.68. The van der Waals surface area contributed by atoms with Gasteiger partial charge in [-0.05, 0) is 20.8 Å². The Morgan fingerprint density at radius 2 is 1.78 bits per heavy atom. The molecule has 0 aliphatic rings. The molecule has 0 spiro atoms. The fraction of sp³-hybridized carbons (Fsp3) is 1.00. The number of alkyl halides is 1. The van der Waals surface area contributed by atoms with Crippen LogP contribution < -0.4 is 5.73 Å². The van der Waals surface area contributed by atoms with Crippen LogP contribution in [0.4, 0.5) is 4.39 Å². The molecule has 0 amide bonds. The maximum absolute atomic E-state index is 12.8. The summed E-state index contributed by atoms with van der Waals surface area (Å²) < 4.78 is 12.8. The van der Waals surface area contributed by atoms with Crippen molar-refractivity contribution in [2.45, 2.75) is 32.0 Å². The molecule has 1 atom stereocenters. The number of nitrogens with two attached hydrogens (primary N) is 1. The van der Waals surface area contributed by atoms with Crippen LogP contribution in [-0.2, 0) is 0 Å². The van der Waals surface area contributed by atoms with Crippen LogP contribution >= 0.6 is 0 Å². The smallest absolute Gasteiger partial charge is 0.134 e. The minimum Gasteiger partial charge on any atom is -0.386 e. The second kappa shape index (κ2) is 2.23. The average Bonchev–Trinajstić information content (AvgIpc) is 1.64. The highest BCUT2D eigenvalue weighted by molar-refractivity contribution is 4.90. The first-order chi connectivity index (χ1) is 3.81. The van der Waals surface area contributed by atoms with E-state index in [1.807, 2.05) is 0 Å². The molecule has 0 aromatic carbocycles. The van der Waals surface area contributed by atoms with Crippen molar-refractivity contribution < 1.29 is 9.50 Å². The Bertz CT molecular complexity index is 95.7. The fourth-order valence-corrected chi connectivity index (χ4v) is 0.243. The van der Waals surface area contributed by atoms with Gasteiger partial charge in [0.2, 0.25) is 0 Å². The number of halogens is 1. The lowest BCUT2D eigenvalue weighted by molar-refractivity contribution is -0.0630. The van der Waals surface area contributed by atoms with Gasteiger partial charge in [-0.1, -0.05) is 0 Å². The van der Waals surface area contributed by atoms with Crippen molar-refractivity contribution in [3.8, 4) is 0 Å². The van der Waals surface area contributed by atoms with Gasteiger partial charge in [0.05, 0.1) is 0 Å². The molecule has 0 aromatic rings. The lowest BCUT2D eigenvalue weighted by Gasteiger charge is -2.31. The van der Waals surface area contributed by atoms with Gasteiger partial charge in [-0.15, -0.1) is 0 Å². The molecular formula is C6H14FNO. The summed E-state index contributed by atoms with van der Waals surface area (Å²) in [6.45, 7) is 3.93. The largest absolute Gasteiger partial charge is 0.386 e. The zero-order chi connectivity index (χ0) is 7.71. The summed E-state index contributed by atoms with van der Waals surface area (Å²) in [5.74, 6) is 0. The first kappa shape index (κ1) is 8.85. The summed E-state index contributed by atoms with van der Waals surface area (Å²) in [6, 6.07) is 0. The van der Waals surface area contributed by atoms with Crippen molar-refractivity contribution >= 4 is 0 Å². The second-order valence-electron chi connectivity index (χ2n) is 2.95. The average molecular weight is 135 g/mol. The maximum Gasteiger partial charge on any atom is 0.134 e. The van der Waals surface area contributed by atoms with E-state index in [-0.39, 0.29) is 6.54 Å². The third kappa shape index (κ3) is 1.91. The number of hydrogen-bond donors (Lipinski definition) is 2. The third-order valence-corrected chi connectivity index (χ3v) is 1.68. The van der Waals surface area contributed by atoms with Crippen LogP contribution in [0.5, 0.6) is 0 Å². The van der Waals surface area contributed by atoms with Gasteiger partial charge < -0.3 is 10.8 Å². The minimum absolute atomic E-state index is 0.0590. The van der Waals surface area contributed by atoms with Crippen LogP contribution in [0.3, 0.4) is 0 Å². The predicted molar refractivity (Wildman–Crippen MR) is 34.9 cm³/mol. The molecular weight excluding hydrogens is 121 g/mol. The molecule has 3 heteroatoms. The predicted octanol–water partition coefficient (Wildman–Crippen LogP) is 0.444. The fourth-order valence-electron chi connectivity index (χ4n) is 0.243. The molecule has 0 saturated carbocycles. The Hall–Kier alpha value is -0.150. The van der Waals surface area contributed by atoms with E-state index in [1.54, 1.807) is 0 Å². The van der Waals surface area contributed by atoms with Crippen LogP contribution in [0.25, 0.3) is 0 Å². The SMILES string of the molecule is CC(C)(F)C(C)(O)CN. The zero-order valence-corrected chi connectivity index (χ0v) is 6.11. The van der Waals surface area contributed by atoms with Gasteiger partial charge in [-0.2, -0.15) is 0 Å². The molecule has 3 N–H and O–H groups in total. The highest BCUT2D eigenvalue weighted by Crippen LogP contribution is 2.23. The van der Waals surface area contributed by atoms with Gasteiger partial charge in [0.25, 0.3) is 0 Å². The molecule has 0 rings (SSSR count). The van der Waals surface area contributed by atoms with Crippen molar-refractivity contribution in [3.63, 3.8) is 0 Å². The lowest BCUT2D eigenvalue weighted by Crippen LogP contribution is -2.49. The van der Waals surface area contributed by atoms with Crippen molar-refractivity contribution in [2.24, 2.45) is 5.73 Å². The molecule has 0 aliphatic carbocycles. The van der Waals surface area contributed by atoms with E-state index in [2.05, 4.69) is 0 Å². The molecule has 56 valence electrons. The van der Waals surface area contributed by atoms with Crippen LogP contribution in [0, 0.1) is 0 Å². The molecule has 0 radical (unpaired) electrons. The standard InChI is InChI=1S/C6H14FNO/c1-5(2,7)6(3,9)4-8/h9H,4,8H2,1-3H3. The molecule has 0 aromatic heterocycles. The van der Waals surface area contributed by atoms with Gasteiger partial charge in [0.15, 0.2) is 0 Å². The molecule has 9 heavy (non-hydrogen) atoms. The Balaban J connectivity index is 4.14. The Morgan fingerprint density at radius 3 is 1.78 bits per heavy atom. The summed E-state index contributed by atoms with van der Waals surface area (Å²) in [5, 5.41) is 9.16. The first-order valence-corrected chi connectivity index (χ1v) is 2.92. The normalized spacial score (nSPS) is 19.3. The highest BCUT2D eigenvalue weighted by atomic mass is 19.1. The molecule has 0 bridgehead atoms. The van der Waals surface area contributed by atoms with Crippen LogP contribution in [0.1, 0.15) is 20.8 Å². The van der Waals surface area contributed by atoms with Crippen LogP contribution in [0.15, 0.2) is 0 Å². The van der Waals surface area contributed by atoms with E-state index < -0.39 is 11.3 Å². The quantitative estimate of drug-likeness (QED) is 0.577. The highest BCUT2D eigenvalue weighted by Gasteiger charge is 2.38. The van der Waals surface area contributed by atoms with Gasteiger partial charge in [-0.25, -0.2) is 4.39 Å². The van der Waals surface area contributed by atoms with Crippen molar-refractivity contribution in [3.05, 3.63) is 0 Å². The molecule has 0 heterocycles. The van der Waals surface area contributed by atoms with Crippen molar-refractivity contribution in [1.29, 1.82) is 0 Å². The van der Waals surface area contributed by atoms with E-state index in [9.17, 15) is 4.39 Å². The van der Waals surface area contributed by atoms with Crippen LogP contribution in [0.2, 0.25) is 0 Å². The molecule has 0 saturated heterocycles. The molecule has 0 fully saturated rings. The van der Waals surface area contributed by atoms with E-state index in [1.165, 1.54) is 20.8 Å². The van der Waals surface area contributed by atoms with Crippen molar-refractivity contribution in [1.82, 2.24) is 0 Å². The first-order valence-electron chi connectivity index (χ1n) is 2.92. The van der Waals surface area contributed by atoms with E-state index in [0.717, 1.165) is 0 Å². The lowest BCUT2D eigenvalue weighted by atomic mass is 9.90. The molecule has 0 aliphatic heterocycles. The van der Waals surface area contributed by atoms with Gasteiger partial charge in [0.1, 0.15) is 11.3 Å². The molecule has 1 unspecified atom stereocenters. The number of aliphatic hydroxyl groups is 1. The summed E-state index contributed by atoms with van der Waals surface area (Å²) >= 11 is 0. The van der Waals surface area contributed by atoms with E-state index in [4.69, 9.17) is 10.8 Å². The zero-order valence-electron chi connectivity index (χ0n) is 6.11.